The number of hydrogen-bond donors (Lipinski definition) is 1. The van der Waals surface area contributed by atoms with Crippen LogP contribution in [-0.4, -0.2) is 19.6 Å². The molecule has 0 aliphatic carbocycles. The highest BCUT2D eigenvalue weighted by atomic mass is 32.1. The number of thiocarbonyl (C=S) groups is 1. The van der Waals surface area contributed by atoms with Gasteiger partial charge in [0, 0.05) is 11.3 Å². The van der Waals surface area contributed by atoms with Crippen molar-refractivity contribution in [2.24, 2.45) is 5.73 Å². The van der Waals surface area contributed by atoms with Gasteiger partial charge in [-0.05, 0) is 49.7 Å². The Morgan fingerprint density at radius 2 is 1.90 bits per heavy atom. The van der Waals surface area contributed by atoms with Gasteiger partial charge < -0.3 is 5.73 Å². The number of pyridine rings is 1. The predicted octanol–water partition coefficient (Wildman–Crippen LogP) is 2.79. The summed E-state index contributed by atoms with van der Waals surface area (Å²) in [4.78, 5) is 4.80. The quantitative estimate of drug-likeness (QED) is 0.739. The molecule has 3 aromatic rings. The first-order valence-electron chi connectivity index (χ1n) is 6.40. The van der Waals surface area contributed by atoms with Crippen LogP contribution < -0.4 is 5.73 Å². The van der Waals surface area contributed by atoms with Gasteiger partial charge in [-0.25, -0.2) is 13.9 Å². The van der Waals surface area contributed by atoms with Crippen molar-refractivity contribution >= 4 is 22.9 Å². The SMILES string of the molecule is Cc1cc(C)n2nc(-c3ccc(F)cc3)nc2c1C(N)=S. The Hall–Kier alpha value is -2.34. The van der Waals surface area contributed by atoms with Crippen LogP contribution in [0.5, 0.6) is 0 Å². The largest absolute Gasteiger partial charge is 0.389 e. The zero-order chi connectivity index (χ0) is 15.1. The van der Waals surface area contributed by atoms with Gasteiger partial charge in [-0.3, -0.25) is 0 Å². The van der Waals surface area contributed by atoms with Crippen LogP contribution in [0.4, 0.5) is 4.39 Å². The number of halogens is 1. The second kappa shape index (κ2) is 4.89. The molecular weight excluding hydrogens is 287 g/mol. The maximum absolute atomic E-state index is 13.0. The average molecular weight is 300 g/mol. The summed E-state index contributed by atoms with van der Waals surface area (Å²) >= 11 is 5.11. The number of benzene rings is 1. The monoisotopic (exact) mass is 300 g/mol. The fourth-order valence-electron chi connectivity index (χ4n) is 2.37. The Labute approximate surface area is 126 Å². The van der Waals surface area contributed by atoms with E-state index < -0.39 is 0 Å². The van der Waals surface area contributed by atoms with E-state index in [4.69, 9.17) is 18.0 Å². The summed E-state index contributed by atoms with van der Waals surface area (Å²) in [5, 5.41) is 4.46. The molecule has 0 radical (unpaired) electrons. The Balaban J connectivity index is 2.29. The zero-order valence-electron chi connectivity index (χ0n) is 11.6. The van der Waals surface area contributed by atoms with Gasteiger partial charge in [0.05, 0.1) is 5.56 Å². The van der Waals surface area contributed by atoms with Crippen LogP contribution in [-0.2, 0) is 0 Å². The van der Waals surface area contributed by atoms with Crippen molar-refractivity contribution in [3.63, 3.8) is 0 Å². The highest BCUT2D eigenvalue weighted by Gasteiger charge is 2.15. The molecule has 2 aromatic heterocycles. The maximum atomic E-state index is 13.0. The first kappa shape index (κ1) is 13.6. The van der Waals surface area contributed by atoms with E-state index in [1.54, 1.807) is 16.6 Å². The summed E-state index contributed by atoms with van der Waals surface area (Å²) in [6.45, 7) is 3.88. The van der Waals surface area contributed by atoms with E-state index in [2.05, 4.69) is 10.1 Å². The Morgan fingerprint density at radius 3 is 2.52 bits per heavy atom. The number of nitrogens with zero attached hydrogens (tertiary/aromatic N) is 3. The van der Waals surface area contributed by atoms with E-state index in [1.807, 2.05) is 19.9 Å². The molecule has 2 N–H and O–H groups in total. The Bertz CT molecular complexity index is 852. The minimum absolute atomic E-state index is 0.288. The molecule has 4 nitrogen and oxygen atoms in total. The van der Waals surface area contributed by atoms with Crippen LogP contribution >= 0.6 is 12.2 Å². The molecule has 6 heteroatoms. The normalized spacial score (nSPS) is 11.0. The molecule has 0 amide bonds. The highest BCUT2D eigenvalue weighted by molar-refractivity contribution is 7.80. The second-order valence-corrected chi connectivity index (χ2v) is 5.33. The molecular formula is C15H13FN4S. The third-order valence-electron chi connectivity index (χ3n) is 3.33. The number of nitrogens with two attached hydrogens (primary N) is 1. The van der Waals surface area contributed by atoms with Crippen LogP contribution in [0.3, 0.4) is 0 Å². The van der Waals surface area contributed by atoms with Crippen molar-refractivity contribution < 1.29 is 4.39 Å². The van der Waals surface area contributed by atoms with Crippen molar-refractivity contribution in [1.82, 2.24) is 14.6 Å². The van der Waals surface area contributed by atoms with Crippen LogP contribution in [0.2, 0.25) is 0 Å². The third-order valence-corrected chi connectivity index (χ3v) is 3.54. The summed E-state index contributed by atoms with van der Waals surface area (Å²) in [5.74, 6) is 0.222. The van der Waals surface area contributed by atoms with E-state index in [-0.39, 0.29) is 10.8 Å². The van der Waals surface area contributed by atoms with Crippen molar-refractivity contribution in [3.05, 3.63) is 53.0 Å². The Kier molecular flexibility index (Phi) is 3.17. The lowest BCUT2D eigenvalue weighted by Gasteiger charge is -2.07. The summed E-state index contributed by atoms with van der Waals surface area (Å²) in [5.41, 5.74) is 9.78. The summed E-state index contributed by atoms with van der Waals surface area (Å²) in [7, 11) is 0. The first-order valence-corrected chi connectivity index (χ1v) is 6.81. The van der Waals surface area contributed by atoms with Crippen molar-refractivity contribution in [1.29, 1.82) is 0 Å². The average Bonchev–Trinajstić information content (AvgIpc) is 2.84. The van der Waals surface area contributed by atoms with Crippen LogP contribution in [0, 0.1) is 19.7 Å². The van der Waals surface area contributed by atoms with Crippen LogP contribution in [0.1, 0.15) is 16.8 Å². The van der Waals surface area contributed by atoms with E-state index in [9.17, 15) is 4.39 Å². The number of aryl methyl sites for hydroxylation is 2. The number of hydrogen-bond acceptors (Lipinski definition) is 3. The van der Waals surface area contributed by atoms with Crippen molar-refractivity contribution in [3.8, 4) is 11.4 Å². The van der Waals surface area contributed by atoms with E-state index in [1.165, 1.54) is 12.1 Å². The van der Waals surface area contributed by atoms with Gasteiger partial charge in [0.15, 0.2) is 11.5 Å². The lowest BCUT2D eigenvalue weighted by Crippen LogP contribution is -2.14. The van der Waals surface area contributed by atoms with Gasteiger partial charge in [0.25, 0.3) is 0 Å². The molecule has 0 saturated heterocycles. The molecule has 0 saturated carbocycles. The van der Waals surface area contributed by atoms with Crippen LogP contribution in [0.15, 0.2) is 30.3 Å². The first-order chi connectivity index (χ1) is 9.97. The smallest absolute Gasteiger partial charge is 0.182 e. The highest BCUT2D eigenvalue weighted by Crippen LogP contribution is 2.22. The molecule has 2 heterocycles. The lowest BCUT2D eigenvalue weighted by molar-refractivity contribution is 0.628. The number of rotatable bonds is 2. The van der Waals surface area contributed by atoms with Gasteiger partial charge >= 0.3 is 0 Å². The van der Waals surface area contributed by atoms with E-state index in [0.717, 1.165) is 22.4 Å². The lowest BCUT2D eigenvalue weighted by atomic mass is 10.1. The standard InChI is InChI=1S/C15H13FN4S/c1-8-7-9(2)20-15(12(8)13(17)21)18-14(19-20)10-3-5-11(16)6-4-10/h3-7H,1-2H3,(H2,17,21). The second-order valence-electron chi connectivity index (χ2n) is 4.89. The van der Waals surface area contributed by atoms with Gasteiger partial charge in [0.1, 0.15) is 10.8 Å². The fraction of sp³-hybridized carbons (Fsp3) is 0.133. The topological polar surface area (TPSA) is 56.2 Å². The fourth-order valence-corrected chi connectivity index (χ4v) is 2.62. The van der Waals surface area contributed by atoms with Crippen molar-refractivity contribution in [2.45, 2.75) is 13.8 Å². The number of fused-ring (bicyclic) bond motifs is 1. The van der Waals surface area contributed by atoms with Gasteiger partial charge in [-0.1, -0.05) is 12.2 Å². The minimum atomic E-state index is -0.293. The van der Waals surface area contributed by atoms with Gasteiger partial charge in [-0.2, -0.15) is 0 Å². The van der Waals surface area contributed by atoms with Gasteiger partial charge in [-0.15, -0.1) is 5.10 Å². The number of aromatic nitrogens is 3. The maximum Gasteiger partial charge on any atom is 0.182 e. The molecule has 0 aliphatic heterocycles. The predicted molar refractivity (Wildman–Crippen MR) is 83.7 cm³/mol. The molecule has 106 valence electrons. The minimum Gasteiger partial charge on any atom is -0.389 e. The summed E-state index contributed by atoms with van der Waals surface area (Å²) in [6, 6.07) is 8.02. The van der Waals surface area contributed by atoms with Gasteiger partial charge in [0.2, 0.25) is 0 Å². The molecule has 0 spiro atoms. The van der Waals surface area contributed by atoms with E-state index in [0.29, 0.717) is 11.5 Å². The summed E-state index contributed by atoms with van der Waals surface area (Å²) < 4.78 is 14.7. The van der Waals surface area contributed by atoms with E-state index >= 15 is 0 Å². The molecule has 1 aromatic carbocycles. The third kappa shape index (κ3) is 2.27. The molecule has 0 unspecified atom stereocenters. The summed E-state index contributed by atoms with van der Waals surface area (Å²) in [6.07, 6.45) is 0. The van der Waals surface area contributed by atoms with Crippen LogP contribution in [0.25, 0.3) is 17.0 Å². The van der Waals surface area contributed by atoms with Crippen molar-refractivity contribution in [2.75, 3.05) is 0 Å². The molecule has 21 heavy (non-hydrogen) atoms. The molecule has 0 bridgehead atoms. The molecule has 0 aliphatic rings. The Morgan fingerprint density at radius 1 is 1.24 bits per heavy atom. The molecule has 0 fully saturated rings. The molecule has 0 atom stereocenters. The zero-order valence-corrected chi connectivity index (χ0v) is 12.4. The molecule has 3 rings (SSSR count).